The van der Waals surface area contributed by atoms with Gasteiger partial charge in [-0.3, -0.25) is 9.10 Å². The van der Waals surface area contributed by atoms with Gasteiger partial charge in [0.2, 0.25) is 15.9 Å². The molecule has 0 fully saturated rings. The second-order valence-electron chi connectivity index (χ2n) is 7.74. The van der Waals surface area contributed by atoms with Gasteiger partial charge < -0.3 is 10.1 Å². The molecule has 0 aromatic heterocycles. The van der Waals surface area contributed by atoms with E-state index in [4.69, 9.17) is 4.74 Å². The van der Waals surface area contributed by atoms with E-state index in [0.29, 0.717) is 25.3 Å². The van der Waals surface area contributed by atoms with Gasteiger partial charge in [-0.15, -0.1) is 0 Å². The number of nitrogens with one attached hydrogen (secondary N) is 1. The number of hydrogen-bond acceptors (Lipinski definition) is 4. The highest BCUT2D eigenvalue weighted by molar-refractivity contribution is 7.92. The zero-order chi connectivity index (χ0) is 23.0. The van der Waals surface area contributed by atoms with E-state index in [-0.39, 0.29) is 5.91 Å². The number of aryl methyl sites for hydroxylation is 3. The lowest BCUT2D eigenvalue weighted by atomic mass is 10.1. The highest BCUT2D eigenvalue weighted by Crippen LogP contribution is 2.27. The molecule has 31 heavy (non-hydrogen) atoms. The van der Waals surface area contributed by atoms with Gasteiger partial charge in [-0.1, -0.05) is 31.2 Å². The first kappa shape index (κ1) is 24.7. The Labute approximate surface area is 186 Å². The molecule has 0 aliphatic carbocycles. The normalized spacial score (nSPS) is 12.3. The monoisotopic (exact) mass is 446 g/mol. The molecular weight excluding hydrogens is 412 g/mol. The van der Waals surface area contributed by atoms with E-state index in [0.717, 1.165) is 41.5 Å². The van der Waals surface area contributed by atoms with Crippen molar-refractivity contribution in [1.82, 2.24) is 5.32 Å². The summed E-state index contributed by atoms with van der Waals surface area (Å²) in [5, 5.41) is 2.92. The number of carbonyl (C=O) groups is 1. The molecule has 2 aromatic rings. The summed E-state index contributed by atoms with van der Waals surface area (Å²) in [5.41, 5.74) is 3.48. The highest BCUT2D eigenvalue weighted by atomic mass is 32.2. The Morgan fingerprint density at radius 2 is 1.77 bits per heavy atom. The molecule has 0 bridgehead atoms. The zero-order valence-corrected chi connectivity index (χ0v) is 20.0. The molecule has 0 spiro atoms. The zero-order valence-electron chi connectivity index (χ0n) is 19.1. The van der Waals surface area contributed by atoms with Crippen LogP contribution in [0.3, 0.4) is 0 Å². The third kappa shape index (κ3) is 6.99. The van der Waals surface area contributed by atoms with Gasteiger partial charge in [0.25, 0.3) is 0 Å². The maximum absolute atomic E-state index is 12.9. The van der Waals surface area contributed by atoms with Crippen molar-refractivity contribution < 1.29 is 17.9 Å². The van der Waals surface area contributed by atoms with E-state index in [2.05, 4.69) is 5.32 Å². The predicted octanol–water partition coefficient (Wildman–Crippen LogP) is 4.00. The summed E-state index contributed by atoms with van der Waals surface area (Å²) < 4.78 is 32.0. The molecule has 1 amide bonds. The highest BCUT2D eigenvalue weighted by Gasteiger charge is 2.32. The minimum atomic E-state index is -3.64. The molecule has 7 heteroatoms. The Morgan fingerprint density at radius 1 is 1.10 bits per heavy atom. The lowest BCUT2D eigenvalue weighted by molar-refractivity contribution is -0.122. The fourth-order valence-electron chi connectivity index (χ4n) is 3.53. The molecule has 0 radical (unpaired) electrons. The molecule has 1 N–H and O–H groups in total. The first-order valence-electron chi connectivity index (χ1n) is 10.7. The molecule has 1 atom stereocenters. The SMILES string of the molecule is CCOc1ccc(CCCNC(=O)[C@@H](CC)N(c2cc(C)ccc2C)S(C)(=O)=O)cc1. The van der Waals surface area contributed by atoms with Crippen molar-refractivity contribution >= 4 is 21.6 Å². The summed E-state index contributed by atoms with van der Waals surface area (Å²) >= 11 is 0. The summed E-state index contributed by atoms with van der Waals surface area (Å²) in [4.78, 5) is 12.9. The van der Waals surface area contributed by atoms with Crippen molar-refractivity contribution in [1.29, 1.82) is 0 Å². The average Bonchev–Trinajstić information content (AvgIpc) is 2.71. The Balaban J connectivity index is 2.04. The van der Waals surface area contributed by atoms with Gasteiger partial charge in [0.1, 0.15) is 11.8 Å². The number of benzene rings is 2. The molecule has 0 aliphatic rings. The van der Waals surface area contributed by atoms with Crippen LogP contribution in [-0.4, -0.2) is 39.8 Å². The van der Waals surface area contributed by atoms with Crippen LogP contribution in [0.4, 0.5) is 5.69 Å². The molecule has 0 heterocycles. The van der Waals surface area contributed by atoms with Gasteiger partial charge in [0.15, 0.2) is 0 Å². The van der Waals surface area contributed by atoms with Gasteiger partial charge in [-0.25, -0.2) is 8.42 Å². The summed E-state index contributed by atoms with van der Waals surface area (Å²) in [6, 6.07) is 12.8. The maximum Gasteiger partial charge on any atom is 0.243 e. The molecule has 0 saturated heterocycles. The fourth-order valence-corrected chi connectivity index (χ4v) is 4.79. The Morgan fingerprint density at radius 3 is 2.35 bits per heavy atom. The van der Waals surface area contributed by atoms with Crippen LogP contribution in [0.2, 0.25) is 0 Å². The third-order valence-electron chi connectivity index (χ3n) is 5.11. The van der Waals surface area contributed by atoms with Crippen molar-refractivity contribution in [3.63, 3.8) is 0 Å². The Bertz CT molecular complexity index is 972. The third-order valence-corrected chi connectivity index (χ3v) is 6.27. The molecule has 0 aliphatic heterocycles. The van der Waals surface area contributed by atoms with Crippen LogP contribution in [0, 0.1) is 13.8 Å². The van der Waals surface area contributed by atoms with Crippen molar-refractivity contribution in [3.8, 4) is 5.75 Å². The molecule has 170 valence electrons. The van der Waals surface area contributed by atoms with Gasteiger partial charge in [-0.2, -0.15) is 0 Å². The van der Waals surface area contributed by atoms with Crippen LogP contribution < -0.4 is 14.4 Å². The van der Waals surface area contributed by atoms with Gasteiger partial charge in [0, 0.05) is 6.54 Å². The molecule has 2 aromatic carbocycles. The minimum absolute atomic E-state index is 0.277. The number of rotatable bonds is 11. The second-order valence-corrected chi connectivity index (χ2v) is 9.60. The topological polar surface area (TPSA) is 75.7 Å². The van der Waals surface area contributed by atoms with Crippen LogP contribution >= 0.6 is 0 Å². The molecular formula is C24H34N2O4S. The van der Waals surface area contributed by atoms with Crippen LogP contribution in [0.15, 0.2) is 42.5 Å². The summed E-state index contributed by atoms with van der Waals surface area (Å²) in [6.45, 7) is 8.65. The van der Waals surface area contributed by atoms with Gasteiger partial charge >= 0.3 is 0 Å². The number of anilines is 1. The standard InChI is InChI=1S/C24H34N2O4S/c1-6-22(26(31(5,28)29)23-17-18(3)10-11-19(23)4)24(27)25-16-8-9-20-12-14-21(15-13-20)30-7-2/h10-15,17,22H,6-9,16H2,1-5H3,(H,25,27)/t22-/m1/s1. The quantitative estimate of drug-likeness (QED) is 0.530. The van der Waals surface area contributed by atoms with E-state index in [1.807, 2.05) is 70.2 Å². The van der Waals surface area contributed by atoms with E-state index < -0.39 is 16.1 Å². The van der Waals surface area contributed by atoms with E-state index >= 15 is 0 Å². The largest absolute Gasteiger partial charge is 0.494 e. The van der Waals surface area contributed by atoms with E-state index in [9.17, 15) is 13.2 Å². The van der Waals surface area contributed by atoms with Crippen molar-refractivity contribution in [2.24, 2.45) is 0 Å². The average molecular weight is 447 g/mol. The first-order valence-corrected chi connectivity index (χ1v) is 12.6. The summed E-state index contributed by atoms with van der Waals surface area (Å²) in [5.74, 6) is 0.568. The smallest absolute Gasteiger partial charge is 0.243 e. The van der Waals surface area contributed by atoms with E-state index in [1.165, 1.54) is 4.31 Å². The van der Waals surface area contributed by atoms with Gasteiger partial charge in [0.05, 0.1) is 18.6 Å². The molecule has 6 nitrogen and oxygen atoms in total. The lowest BCUT2D eigenvalue weighted by Gasteiger charge is -2.31. The number of hydrogen-bond donors (Lipinski definition) is 1. The number of carbonyl (C=O) groups excluding carboxylic acids is 1. The lowest BCUT2D eigenvalue weighted by Crippen LogP contribution is -2.49. The van der Waals surface area contributed by atoms with E-state index in [1.54, 1.807) is 0 Å². The van der Waals surface area contributed by atoms with Crippen molar-refractivity contribution in [2.45, 2.75) is 53.0 Å². The fraction of sp³-hybridized carbons (Fsp3) is 0.458. The van der Waals surface area contributed by atoms with Crippen LogP contribution in [0.1, 0.15) is 43.4 Å². The molecule has 0 unspecified atom stereocenters. The number of nitrogens with zero attached hydrogens (tertiary/aromatic N) is 1. The van der Waals surface area contributed by atoms with Crippen molar-refractivity contribution in [3.05, 3.63) is 59.2 Å². The number of amides is 1. The van der Waals surface area contributed by atoms with Crippen molar-refractivity contribution in [2.75, 3.05) is 23.7 Å². The van der Waals surface area contributed by atoms with Gasteiger partial charge in [-0.05, 0) is 74.9 Å². The molecule has 2 rings (SSSR count). The van der Waals surface area contributed by atoms with Crippen LogP contribution in [-0.2, 0) is 21.2 Å². The number of ether oxygens (including phenoxy) is 1. The van der Waals surface area contributed by atoms with Crippen LogP contribution in [0.25, 0.3) is 0 Å². The Hall–Kier alpha value is -2.54. The summed E-state index contributed by atoms with van der Waals surface area (Å²) in [7, 11) is -3.64. The maximum atomic E-state index is 12.9. The van der Waals surface area contributed by atoms with Crippen LogP contribution in [0.5, 0.6) is 5.75 Å². The Kier molecular flexibility index (Phi) is 8.92. The predicted molar refractivity (Wildman–Crippen MR) is 126 cm³/mol. The molecule has 0 saturated carbocycles. The minimum Gasteiger partial charge on any atom is -0.494 e. The number of sulfonamides is 1. The second kappa shape index (κ2) is 11.2. The summed E-state index contributed by atoms with van der Waals surface area (Å²) in [6.07, 6.45) is 3.11. The first-order chi connectivity index (χ1) is 14.7.